The second kappa shape index (κ2) is 12.3. The van der Waals surface area contributed by atoms with E-state index in [0.29, 0.717) is 26.2 Å². The molecular formula is C24H34N4O4. The molecule has 0 amide bonds. The van der Waals surface area contributed by atoms with Crippen molar-refractivity contribution >= 4 is 0 Å². The molecule has 3 rings (SSSR count). The van der Waals surface area contributed by atoms with Gasteiger partial charge in [0.1, 0.15) is 11.5 Å². The summed E-state index contributed by atoms with van der Waals surface area (Å²) >= 11 is 0. The summed E-state index contributed by atoms with van der Waals surface area (Å²) in [6.45, 7) is 6.81. The molecule has 0 aliphatic heterocycles. The first-order valence-corrected chi connectivity index (χ1v) is 10.8. The van der Waals surface area contributed by atoms with E-state index in [-0.39, 0.29) is 12.3 Å². The van der Waals surface area contributed by atoms with E-state index < -0.39 is 0 Å². The molecule has 0 spiro atoms. The summed E-state index contributed by atoms with van der Waals surface area (Å²) in [7, 11) is 3.33. The number of nitrogens with one attached hydrogen (secondary N) is 4. The fraction of sp³-hybridized carbons (Fsp3) is 0.417. The molecule has 1 aromatic carbocycles. The number of hydrogen-bond acceptors (Lipinski definition) is 8. The highest BCUT2D eigenvalue weighted by Crippen LogP contribution is 2.32. The second-order valence-electron chi connectivity index (χ2n) is 7.62. The van der Waals surface area contributed by atoms with Gasteiger partial charge < -0.3 is 18.3 Å². The van der Waals surface area contributed by atoms with Crippen molar-refractivity contribution in [2.24, 2.45) is 0 Å². The van der Waals surface area contributed by atoms with Crippen LogP contribution in [0.3, 0.4) is 0 Å². The van der Waals surface area contributed by atoms with Crippen molar-refractivity contribution in [1.82, 2.24) is 21.3 Å². The van der Waals surface area contributed by atoms with Crippen molar-refractivity contribution in [3.63, 3.8) is 0 Å². The molecule has 0 aliphatic rings. The van der Waals surface area contributed by atoms with Crippen molar-refractivity contribution in [3.05, 3.63) is 71.6 Å². The highest BCUT2D eigenvalue weighted by atomic mass is 16.5. The molecule has 0 radical (unpaired) electrons. The van der Waals surface area contributed by atoms with Crippen LogP contribution in [-0.4, -0.2) is 26.6 Å². The minimum absolute atomic E-state index is 0.0865. The molecule has 2 heterocycles. The number of furan rings is 2. The molecule has 4 N–H and O–H groups in total. The summed E-state index contributed by atoms with van der Waals surface area (Å²) in [5.41, 5.74) is 2.15. The molecule has 0 bridgehead atoms. The first kappa shape index (κ1) is 23.9. The number of methoxy groups -OCH3 is 2. The maximum Gasteiger partial charge on any atom is 0.165 e. The topological polar surface area (TPSA) is 92.9 Å². The minimum Gasteiger partial charge on any atom is -0.493 e. The lowest BCUT2D eigenvalue weighted by Crippen LogP contribution is -2.39. The Morgan fingerprint density at radius 3 is 1.81 bits per heavy atom. The van der Waals surface area contributed by atoms with Gasteiger partial charge >= 0.3 is 0 Å². The standard InChI is InChI=1S/C24H34N4O4/c1-17(27-15-21-7-5-9-31-21)25-13-19-11-20(24(30-4)23(12-19)29-3)14-26-18(2)28-16-22-8-6-10-32-22/h5-12,17-18,25-28H,13-16H2,1-4H3. The molecule has 0 fully saturated rings. The van der Waals surface area contributed by atoms with Crippen LogP contribution in [-0.2, 0) is 26.2 Å². The largest absolute Gasteiger partial charge is 0.493 e. The molecule has 8 nitrogen and oxygen atoms in total. The first-order valence-electron chi connectivity index (χ1n) is 10.8. The molecule has 32 heavy (non-hydrogen) atoms. The van der Waals surface area contributed by atoms with E-state index in [0.717, 1.165) is 34.1 Å². The molecule has 2 aromatic heterocycles. The Kier molecular flexibility index (Phi) is 9.18. The molecule has 174 valence electrons. The average molecular weight is 443 g/mol. The number of benzene rings is 1. The SMILES string of the molecule is COc1cc(CNC(C)NCc2ccco2)cc(CNC(C)NCc2ccco2)c1OC. The predicted octanol–water partition coefficient (Wildman–Crippen LogP) is 3.34. The molecular weight excluding hydrogens is 408 g/mol. The third kappa shape index (κ3) is 7.13. The van der Waals surface area contributed by atoms with Crippen LogP contribution in [0.4, 0.5) is 0 Å². The summed E-state index contributed by atoms with van der Waals surface area (Å²) in [6, 6.07) is 11.8. The number of rotatable bonds is 14. The van der Waals surface area contributed by atoms with Crippen molar-refractivity contribution < 1.29 is 18.3 Å². The van der Waals surface area contributed by atoms with Crippen LogP contribution >= 0.6 is 0 Å². The Hall–Kier alpha value is -2.78. The lowest BCUT2D eigenvalue weighted by atomic mass is 10.1. The average Bonchev–Trinajstić information content (AvgIpc) is 3.52. The number of ether oxygens (including phenoxy) is 2. The quantitative estimate of drug-likeness (QED) is 0.283. The molecule has 2 atom stereocenters. The van der Waals surface area contributed by atoms with E-state index in [2.05, 4.69) is 41.2 Å². The van der Waals surface area contributed by atoms with Crippen LogP contribution in [0.25, 0.3) is 0 Å². The van der Waals surface area contributed by atoms with Crippen molar-refractivity contribution in [2.45, 2.75) is 52.4 Å². The fourth-order valence-electron chi connectivity index (χ4n) is 3.35. The van der Waals surface area contributed by atoms with Gasteiger partial charge in [-0.05, 0) is 55.8 Å². The lowest BCUT2D eigenvalue weighted by Gasteiger charge is -2.20. The van der Waals surface area contributed by atoms with Crippen LogP contribution in [0.5, 0.6) is 11.5 Å². The van der Waals surface area contributed by atoms with Gasteiger partial charge in [0.05, 0.1) is 52.2 Å². The van der Waals surface area contributed by atoms with Gasteiger partial charge in [0.2, 0.25) is 0 Å². The summed E-state index contributed by atoms with van der Waals surface area (Å²) in [5, 5.41) is 13.8. The Labute approximate surface area is 189 Å². The Bertz CT molecular complexity index is 912. The van der Waals surface area contributed by atoms with Crippen molar-refractivity contribution in [2.75, 3.05) is 14.2 Å². The summed E-state index contributed by atoms with van der Waals surface area (Å²) < 4.78 is 22.0. The Morgan fingerprint density at radius 2 is 1.31 bits per heavy atom. The zero-order chi connectivity index (χ0) is 22.8. The van der Waals surface area contributed by atoms with Gasteiger partial charge in [0, 0.05) is 18.7 Å². The van der Waals surface area contributed by atoms with E-state index in [1.165, 1.54) is 0 Å². The van der Waals surface area contributed by atoms with Crippen molar-refractivity contribution in [3.8, 4) is 11.5 Å². The number of hydrogen-bond donors (Lipinski definition) is 4. The smallest absolute Gasteiger partial charge is 0.165 e. The third-order valence-corrected chi connectivity index (χ3v) is 5.15. The predicted molar refractivity (Wildman–Crippen MR) is 123 cm³/mol. The molecule has 0 saturated carbocycles. The molecule has 0 saturated heterocycles. The summed E-state index contributed by atoms with van der Waals surface area (Å²) in [5.74, 6) is 3.27. The van der Waals surface area contributed by atoms with Crippen LogP contribution in [0, 0.1) is 0 Å². The van der Waals surface area contributed by atoms with Crippen molar-refractivity contribution in [1.29, 1.82) is 0 Å². The van der Waals surface area contributed by atoms with Crippen LogP contribution in [0.1, 0.15) is 36.5 Å². The van der Waals surface area contributed by atoms with Crippen LogP contribution < -0.4 is 30.7 Å². The third-order valence-electron chi connectivity index (χ3n) is 5.15. The normalized spacial score (nSPS) is 13.1. The van der Waals surface area contributed by atoms with Crippen LogP contribution in [0.15, 0.2) is 57.8 Å². The minimum atomic E-state index is 0.0865. The van der Waals surface area contributed by atoms with Crippen LogP contribution in [0.2, 0.25) is 0 Å². The highest BCUT2D eigenvalue weighted by molar-refractivity contribution is 5.49. The molecule has 2 unspecified atom stereocenters. The Morgan fingerprint density at radius 1 is 0.750 bits per heavy atom. The second-order valence-corrected chi connectivity index (χ2v) is 7.62. The monoisotopic (exact) mass is 442 g/mol. The maximum atomic E-state index is 5.64. The van der Waals surface area contributed by atoms with Gasteiger partial charge in [-0.25, -0.2) is 0 Å². The lowest BCUT2D eigenvalue weighted by molar-refractivity contribution is 0.347. The molecule has 3 aromatic rings. The van der Waals surface area contributed by atoms with Gasteiger partial charge in [0.25, 0.3) is 0 Å². The highest BCUT2D eigenvalue weighted by Gasteiger charge is 2.14. The van der Waals surface area contributed by atoms with E-state index in [1.807, 2.05) is 30.3 Å². The first-order chi connectivity index (χ1) is 15.6. The van der Waals surface area contributed by atoms with E-state index in [9.17, 15) is 0 Å². The summed E-state index contributed by atoms with van der Waals surface area (Å²) in [4.78, 5) is 0. The zero-order valence-corrected chi connectivity index (χ0v) is 19.2. The van der Waals surface area contributed by atoms with Gasteiger partial charge in [0.15, 0.2) is 11.5 Å². The van der Waals surface area contributed by atoms with Gasteiger partial charge in [-0.15, -0.1) is 0 Å². The van der Waals surface area contributed by atoms with Gasteiger partial charge in [-0.3, -0.25) is 21.3 Å². The maximum absolute atomic E-state index is 5.64. The van der Waals surface area contributed by atoms with E-state index in [4.69, 9.17) is 18.3 Å². The van der Waals surface area contributed by atoms with Gasteiger partial charge in [-0.1, -0.05) is 0 Å². The van der Waals surface area contributed by atoms with E-state index in [1.54, 1.807) is 26.7 Å². The van der Waals surface area contributed by atoms with Gasteiger partial charge in [-0.2, -0.15) is 0 Å². The molecule has 8 heteroatoms. The summed E-state index contributed by atoms with van der Waals surface area (Å²) in [6.07, 6.45) is 3.56. The fourth-order valence-corrected chi connectivity index (χ4v) is 3.35. The Balaban J connectivity index is 1.56. The molecule has 0 aliphatic carbocycles. The van der Waals surface area contributed by atoms with E-state index >= 15 is 0 Å². The zero-order valence-electron chi connectivity index (χ0n) is 19.2.